The summed E-state index contributed by atoms with van der Waals surface area (Å²) >= 11 is 0. The van der Waals surface area contributed by atoms with Gasteiger partial charge in [-0.2, -0.15) is 0 Å². The van der Waals surface area contributed by atoms with Crippen molar-refractivity contribution in [2.75, 3.05) is 11.5 Å². The summed E-state index contributed by atoms with van der Waals surface area (Å²) in [7, 11) is -3.17. The van der Waals surface area contributed by atoms with Gasteiger partial charge in [0.1, 0.15) is 21.1 Å². The zero-order valence-electron chi connectivity index (χ0n) is 13.8. The van der Waals surface area contributed by atoms with Gasteiger partial charge in [0.05, 0.1) is 17.2 Å². The fourth-order valence-corrected chi connectivity index (χ4v) is 4.42. The molecule has 1 saturated heterocycles. The smallest absolute Gasteiger partial charge is 0.263 e. The molecule has 0 radical (unpaired) electrons. The highest BCUT2D eigenvalue weighted by atomic mass is 32.2. The number of hydroxylamine groups is 1. The highest BCUT2D eigenvalue weighted by Crippen LogP contribution is 2.26. The van der Waals surface area contributed by atoms with E-state index in [9.17, 15) is 18.3 Å². The Balaban J connectivity index is 1.72. The van der Waals surface area contributed by atoms with Crippen molar-refractivity contribution in [1.29, 1.82) is 0 Å². The first-order valence-corrected chi connectivity index (χ1v) is 9.81. The molecule has 3 rings (SSSR count). The predicted octanol–water partition coefficient (Wildman–Crippen LogP) is 0.590. The molecular formula is C16H19N3O6S. The van der Waals surface area contributed by atoms with Gasteiger partial charge in [-0.15, -0.1) is 0 Å². The van der Waals surface area contributed by atoms with Crippen LogP contribution in [0.3, 0.4) is 0 Å². The van der Waals surface area contributed by atoms with Gasteiger partial charge in [0, 0.05) is 18.2 Å². The third kappa shape index (κ3) is 3.87. The molecular weight excluding hydrogens is 362 g/mol. The minimum Gasteiger partial charge on any atom is -0.508 e. The number of amides is 1. The van der Waals surface area contributed by atoms with E-state index >= 15 is 0 Å². The second kappa shape index (κ2) is 7.06. The lowest BCUT2D eigenvalue weighted by molar-refractivity contribution is -0.136. The van der Waals surface area contributed by atoms with Gasteiger partial charge in [-0.05, 0) is 37.1 Å². The molecule has 10 heteroatoms. The molecule has 26 heavy (non-hydrogen) atoms. The Bertz CT molecular complexity index is 877. The number of aromatic nitrogens is 1. The monoisotopic (exact) mass is 381 g/mol. The topological polar surface area (TPSA) is 142 Å². The van der Waals surface area contributed by atoms with Crippen molar-refractivity contribution in [3.05, 3.63) is 36.0 Å². The second-order valence-corrected chi connectivity index (χ2v) is 8.56. The minimum atomic E-state index is -3.17. The fraction of sp³-hybridized carbons (Fsp3) is 0.375. The Morgan fingerprint density at radius 3 is 2.50 bits per heavy atom. The summed E-state index contributed by atoms with van der Waals surface area (Å²) in [5, 5.41) is 25.3. The van der Waals surface area contributed by atoms with E-state index in [0.29, 0.717) is 11.5 Å². The van der Waals surface area contributed by atoms with Crippen molar-refractivity contribution in [2.45, 2.75) is 24.9 Å². The number of phenols is 1. The Morgan fingerprint density at radius 1 is 1.23 bits per heavy atom. The number of aromatic hydroxyl groups is 1. The van der Waals surface area contributed by atoms with Crippen LogP contribution in [0, 0.1) is 0 Å². The van der Waals surface area contributed by atoms with Crippen LogP contribution in [0.15, 0.2) is 34.9 Å². The molecule has 0 aliphatic carbocycles. The molecule has 0 saturated carbocycles. The van der Waals surface area contributed by atoms with Crippen LogP contribution in [-0.2, 0) is 21.2 Å². The molecule has 0 atom stereocenters. The summed E-state index contributed by atoms with van der Waals surface area (Å²) < 4.78 is 28.5. The van der Waals surface area contributed by atoms with Crippen LogP contribution in [0.5, 0.6) is 5.75 Å². The first-order valence-electron chi connectivity index (χ1n) is 7.99. The van der Waals surface area contributed by atoms with Crippen LogP contribution in [0.4, 0.5) is 0 Å². The molecule has 1 aromatic carbocycles. The van der Waals surface area contributed by atoms with Crippen molar-refractivity contribution in [3.63, 3.8) is 0 Å². The normalized spacial score (nSPS) is 18.3. The SMILES string of the molecule is O=C(NO)C1(NCc2cc(-c3ccc(O)cc3)on2)CCS(=O)(=O)CC1. The Labute approximate surface area is 149 Å². The zero-order valence-corrected chi connectivity index (χ0v) is 14.6. The number of rotatable bonds is 5. The van der Waals surface area contributed by atoms with Crippen LogP contribution < -0.4 is 10.8 Å². The summed E-state index contributed by atoms with van der Waals surface area (Å²) in [6.45, 7) is 0.162. The molecule has 0 bridgehead atoms. The molecule has 1 amide bonds. The molecule has 1 aromatic heterocycles. The highest BCUT2D eigenvalue weighted by molar-refractivity contribution is 7.91. The number of hydrogen-bond acceptors (Lipinski definition) is 8. The van der Waals surface area contributed by atoms with Gasteiger partial charge in [-0.3, -0.25) is 15.3 Å². The van der Waals surface area contributed by atoms with E-state index in [-0.39, 0.29) is 36.6 Å². The maximum Gasteiger partial charge on any atom is 0.263 e. The van der Waals surface area contributed by atoms with Gasteiger partial charge in [0.15, 0.2) is 5.76 Å². The fourth-order valence-electron chi connectivity index (χ4n) is 2.89. The maximum absolute atomic E-state index is 12.1. The lowest BCUT2D eigenvalue weighted by Gasteiger charge is -2.35. The summed E-state index contributed by atoms with van der Waals surface area (Å²) in [6, 6.07) is 8.10. The number of carbonyl (C=O) groups is 1. The second-order valence-electron chi connectivity index (χ2n) is 6.26. The van der Waals surface area contributed by atoms with E-state index < -0.39 is 21.3 Å². The molecule has 2 heterocycles. The number of nitrogens with zero attached hydrogens (tertiary/aromatic N) is 1. The van der Waals surface area contributed by atoms with E-state index in [4.69, 9.17) is 9.73 Å². The van der Waals surface area contributed by atoms with Gasteiger partial charge in [0.25, 0.3) is 5.91 Å². The Kier molecular flexibility index (Phi) is 4.99. The minimum absolute atomic E-state index is 0.0599. The number of benzene rings is 1. The molecule has 2 aromatic rings. The van der Waals surface area contributed by atoms with Crippen molar-refractivity contribution >= 4 is 15.7 Å². The Hall–Kier alpha value is -2.43. The van der Waals surface area contributed by atoms with Crippen LogP contribution >= 0.6 is 0 Å². The van der Waals surface area contributed by atoms with Crippen molar-refractivity contribution in [1.82, 2.24) is 16.0 Å². The molecule has 140 valence electrons. The Morgan fingerprint density at radius 2 is 1.88 bits per heavy atom. The van der Waals surface area contributed by atoms with E-state index in [1.54, 1.807) is 23.7 Å². The first-order chi connectivity index (χ1) is 12.3. The summed E-state index contributed by atoms with van der Waals surface area (Å²) in [5.74, 6) is -0.307. The molecule has 9 nitrogen and oxygen atoms in total. The average Bonchev–Trinajstić information content (AvgIpc) is 3.10. The van der Waals surface area contributed by atoms with Crippen LogP contribution in [0.25, 0.3) is 11.3 Å². The quantitative estimate of drug-likeness (QED) is 0.435. The van der Waals surface area contributed by atoms with Gasteiger partial charge < -0.3 is 9.63 Å². The number of sulfone groups is 1. The van der Waals surface area contributed by atoms with Crippen LogP contribution in [-0.4, -0.2) is 46.8 Å². The van der Waals surface area contributed by atoms with Crippen molar-refractivity contribution in [2.24, 2.45) is 0 Å². The molecule has 1 aliphatic rings. The third-order valence-electron chi connectivity index (χ3n) is 4.53. The molecule has 0 unspecified atom stereocenters. The van der Waals surface area contributed by atoms with E-state index in [2.05, 4.69) is 10.5 Å². The molecule has 1 fully saturated rings. The zero-order chi connectivity index (χ0) is 18.8. The number of phenolic OH excluding ortho intramolecular Hbond substituents is 1. The summed E-state index contributed by atoms with van der Waals surface area (Å²) in [4.78, 5) is 12.1. The van der Waals surface area contributed by atoms with Gasteiger partial charge in [-0.25, -0.2) is 13.9 Å². The lowest BCUT2D eigenvalue weighted by atomic mass is 9.91. The number of nitrogens with one attached hydrogen (secondary N) is 2. The summed E-state index contributed by atoms with van der Waals surface area (Å²) in [6.07, 6.45) is 0.120. The third-order valence-corrected chi connectivity index (χ3v) is 6.19. The van der Waals surface area contributed by atoms with E-state index in [0.717, 1.165) is 5.56 Å². The highest BCUT2D eigenvalue weighted by Gasteiger charge is 2.43. The van der Waals surface area contributed by atoms with Gasteiger partial charge in [-0.1, -0.05) is 5.16 Å². The lowest BCUT2D eigenvalue weighted by Crippen LogP contribution is -2.59. The maximum atomic E-state index is 12.1. The van der Waals surface area contributed by atoms with Crippen molar-refractivity contribution < 1.29 is 28.0 Å². The van der Waals surface area contributed by atoms with Gasteiger partial charge in [0.2, 0.25) is 0 Å². The number of carbonyl (C=O) groups excluding carboxylic acids is 1. The molecule has 4 N–H and O–H groups in total. The number of hydrogen-bond donors (Lipinski definition) is 4. The summed E-state index contributed by atoms with van der Waals surface area (Å²) in [5.41, 5.74) is 1.68. The van der Waals surface area contributed by atoms with Gasteiger partial charge >= 0.3 is 0 Å². The first kappa shape index (κ1) is 18.4. The standard InChI is InChI=1S/C16H19N3O6S/c20-13-3-1-11(2-4-13)14-9-12(19-25-14)10-17-16(15(21)18-22)5-7-26(23,24)8-6-16/h1-4,9,17,20,22H,5-8,10H2,(H,18,21). The largest absolute Gasteiger partial charge is 0.508 e. The van der Waals surface area contributed by atoms with Crippen molar-refractivity contribution in [3.8, 4) is 17.1 Å². The average molecular weight is 381 g/mol. The molecule has 1 aliphatic heterocycles. The van der Waals surface area contributed by atoms with Crippen LogP contribution in [0.1, 0.15) is 18.5 Å². The van der Waals surface area contributed by atoms with E-state index in [1.165, 1.54) is 12.1 Å². The van der Waals surface area contributed by atoms with E-state index in [1.807, 2.05) is 0 Å². The van der Waals surface area contributed by atoms with Crippen LogP contribution in [0.2, 0.25) is 0 Å². The molecule has 0 spiro atoms. The predicted molar refractivity (Wildman–Crippen MR) is 91.0 cm³/mol.